The predicted octanol–water partition coefficient (Wildman–Crippen LogP) is 1.83. The van der Waals surface area contributed by atoms with Gasteiger partial charge >= 0.3 is 5.97 Å². The third-order valence-corrected chi connectivity index (χ3v) is 1.96. The highest BCUT2D eigenvalue weighted by atomic mass is 19.1. The van der Waals surface area contributed by atoms with Crippen molar-refractivity contribution in [1.29, 1.82) is 0 Å². The summed E-state index contributed by atoms with van der Waals surface area (Å²) in [5.41, 5.74) is 0.188. The van der Waals surface area contributed by atoms with E-state index in [0.29, 0.717) is 5.56 Å². The molecule has 0 spiro atoms. The third-order valence-electron chi connectivity index (χ3n) is 1.96. The number of methoxy groups -OCH3 is 1. The largest absolute Gasteiger partial charge is 0.465 e. The molecule has 1 rings (SSSR count). The number of hydrogen-bond acceptors (Lipinski definition) is 3. The lowest BCUT2D eigenvalue weighted by Gasteiger charge is -2.07. The van der Waals surface area contributed by atoms with Gasteiger partial charge in [0.1, 0.15) is 5.82 Å². The molecule has 0 amide bonds. The highest BCUT2D eigenvalue weighted by Crippen LogP contribution is 2.18. The molecule has 15 heavy (non-hydrogen) atoms. The second kappa shape index (κ2) is 4.70. The average molecular weight is 210 g/mol. The number of benzene rings is 1. The summed E-state index contributed by atoms with van der Waals surface area (Å²) >= 11 is 0. The maximum absolute atomic E-state index is 13.3. The molecule has 0 aliphatic carbocycles. The summed E-state index contributed by atoms with van der Waals surface area (Å²) < 4.78 is 17.7. The minimum Gasteiger partial charge on any atom is -0.465 e. The van der Waals surface area contributed by atoms with E-state index in [2.05, 4.69) is 11.3 Å². The van der Waals surface area contributed by atoms with Crippen LogP contribution in [0, 0.1) is 5.82 Å². The van der Waals surface area contributed by atoms with Crippen molar-refractivity contribution in [1.82, 2.24) is 0 Å². The molecule has 80 valence electrons. The SMILES string of the molecule is C=CC(O)c1ccc(C(=O)OC)c(F)c1. The maximum atomic E-state index is 13.3. The topological polar surface area (TPSA) is 46.5 Å². The Morgan fingerprint density at radius 1 is 1.67 bits per heavy atom. The molecular formula is C11H11FO3. The van der Waals surface area contributed by atoms with Crippen molar-refractivity contribution in [3.8, 4) is 0 Å². The Morgan fingerprint density at radius 3 is 2.80 bits per heavy atom. The number of carbonyl (C=O) groups is 1. The molecular weight excluding hydrogens is 199 g/mol. The van der Waals surface area contributed by atoms with Gasteiger partial charge in [-0.3, -0.25) is 0 Å². The van der Waals surface area contributed by atoms with Crippen LogP contribution in [0.3, 0.4) is 0 Å². The Labute approximate surface area is 86.8 Å². The van der Waals surface area contributed by atoms with E-state index < -0.39 is 17.9 Å². The first kappa shape index (κ1) is 11.4. The van der Waals surface area contributed by atoms with Gasteiger partial charge in [-0.15, -0.1) is 6.58 Å². The lowest BCUT2D eigenvalue weighted by Crippen LogP contribution is -2.05. The van der Waals surface area contributed by atoms with E-state index >= 15 is 0 Å². The summed E-state index contributed by atoms with van der Waals surface area (Å²) in [5.74, 6) is -1.47. The number of aliphatic hydroxyl groups excluding tert-OH is 1. The monoisotopic (exact) mass is 210 g/mol. The van der Waals surface area contributed by atoms with Crippen LogP contribution < -0.4 is 0 Å². The standard InChI is InChI=1S/C11H11FO3/c1-3-10(13)7-4-5-8(9(12)6-7)11(14)15-2/h3-6,10,13H,1H2,2H3. The second-order valence-electron chi connectivity index (χ2n) is 2.91. The van der Waals surface area contributed by atoms with Crippen LogP contribution >= 0.6 is 0 Å². The van der Waals surface area contributed by atoms with Crippen LogP contribution in [-0.2, 0) is 4.74 Å². The van der Waals surface area contributed by atoms with Gasteiger partial charge in [-0.1, -0.05) is 12.1 Å². The summed E-state index contributed by atoms with van der Waals surface area (Å²) in [4.78, 5) is 11.0. The highest BCUT2D eigenvalue weighted by Gasteiger charge is 2.13. The van der Waals surface area contributed by atoms with Gasteiger partial charge in [0.2, 0.25) is 0 Å². The van der Waals surface area contributed by atoms with Gasteiger partial charge in [0, 0.05) is 0 Å². The van der Waals surface area contributed by atoms with Crippen LogP contribution in [0.25, 0.3) is 0 Å². The molecule has 1 unspecified atom stereocenters. The van der Waals surface area contributed by atoms with Gasteiger partial charge in [-0.2, -0.15) is 0 Å². The fourth-order valence-corrected chi connectivity index (χ4v) is 1.13. The molecule has 0 aliphatic heterocycles. The van der Waals surface area contributed by atoms with E-state index in [0.717, 1.165) is 6.07 Å². The average Bonchev–Trinajstić information content (AvgIpc) is 2.26. The van der Waals surface area contributed by atoms with Gasteiger partial charge in [0.15, 0.2) is 0 Å². The number of hydrogen-bond donors (Lipinski definition) is 1. The second-order valence-corrected chi connectivity index (χ2v) is 2.91. The zero-order valence-electron chi connectivity index (χ0n) is 8.24. The summed E-state index contributed by atoms with van der Waals surface area (Å²) in [6.45, 7) is 3.38. The van der Waals surface area contributed by atoms with Crippen LogP contribution in [0.5, 0.6) is 0 Å². The molecule has 0 aliphatic rings. The Morgan fingerprint density at radius 2 is 2.33 bits per heavy atom. The minimum atomic E-state index is -0.939. The normalized spacial score (nSPS) is 11.9. The molecule has 1 N–H and O–H groups in total. The number of ether oxygens (including phenoxy) is 1. The molecule has 1 aromatic rings. The van der Waals surface area contributed by atoms with E-state index in [1.54, 1.807) is 0 Å². The molecule has 0 bridgehead atoms. The van der Waals surface area contributed by atoms with Crippen molar-refractivity contribution in [2.45, 2.75) is 6.10 Å². The van der Waals surface area contributed by atoms with Crippen molar-refractivity contribution in [2.75, 3.05) is 7.11 Å². The lowest BCUT2D eigenvalue weighted by molar-refractivity contribution is 0.0595. The maximum Gasteiger partial charge on any atom is 0.340 e. The molecule has 0 saturated heterocycles. The summed E-state index contributed by atoms with van der Waals surface area (Å²) in [6, 6.07) is 3.80. The molecule has 0 fully saturated rings. The fourth-order valence-electron chi connectivity index (χ4n) is 1.13. The first-order valence-corrected chi connectivity index (χ1v) is 4.28. The Kier molecular flexibility index (Phi) is 3.57. The van der Waals surface area contributed by atoms with Gasteiger partial charge in [-0.05, 0) is 17.7 Å². The number of aliphatic hydroxyl groups is 1. The number of rotatable bonds is 3. The van der Waals surface area contributed by atoms with Crippen LogP contribution in [0.1, 0.15) is 22.0 Å². The minimum absolute atomic E-state index is 0.155. The first-order chi connectivity index (χ1) is 7.10. The molecule has 0 aromatic heterocycles. The summed E-state index contributed by atoms with van der Waals surface area (Å²) in [5, 5.41) is 9.34. The van der Waals surface area contributed by atoms with Crippen molar-refractivity contribution < 1.29 is 19.0 Å². The van der Waals surface area contributed by atoms with Gasteiger partial charge in [0.25, 0.3) is 0 Å². The zero-order chi connectivity index (χ0) is 11.4. The molecule has 1 aromatic carbocycles. The van der Waals surface area contributed by atoms with Crippen LogP contribution in [0.15, 0.2) is 30.9 Å². The van der Waals surface area contributed by atoms with Crippen LogP contribution in [-0.4, -0.2) is 18.2 Å². The Balaban J connectivity index is 3.08. The first-order valence-electron chi connectivity index (χ1n) is 4.28. The number of halogens is 1. The van der Waals surface area contributed by atoms with Crippen molar-refractivity contribution in [2.24, 2.45) is 0 Å². The van der Waals surface area contributed by atoms with Crippen molar-refractivity contribution in [3.63, 3.8) is 0 Å². The Bertz CT molecular complexity index is 387. The molecule has 3 nitrogen and oxygen atoms in total. The molecule has 0 saturated carbocycles. The van der Waals surface area contributed by atoms with Crippen molar-refractivity contribution >= 4 is 5.97 Å². The van der Waals surface area contributed by atoms with E-state index in [4.69, 9.17) is 0 Å². The molecule has 0 radical (unpaired) electrons. The van der Waals surface area contributed by atoms with Gasteiger partial charge in [-0.25, -0.2) is 9.18 Å². The lowest BCUT2D eigenvalue weighted by atomic mass is 10.1. The smallest absolute Gasteiger partial charge is 0.340 e. The number of carbonyl (C=O) groups excluding carboxylic acids is 1. The highest BCUT2D eigenvalue weighted by molar-refractivity contribution is 5.89. The van der Waals surface area contributed by atoms with Crippen LogP contribution in [0.2, 0.25) is 0 Å². The van der Waals surface area contributed by atoms with Crippen molar-refractivity contribution in [3.05, 3.63) is 47.8 Å². The van der Waals surface area contributed by atoms with E-state index in [1.165, 1.54) is 25.3 Å². The Hall–Kier alpha value is -1.68. The zero-order valence-corrected chi connectivity index (χ0v) is 8.24. The van der Waals surface area contributed by atoms with Crippen LogP contribution in [0.4, 0.5) is 4.39 Å². The molecule has 1 atom stereocenters. The predicted molar refractivity (Wildman–Crippen MR) is 52.9 cm³/mol. The summed E-state index contributed by atoms with van der Waals surface area (Å²) in [6.07, 6.45) is 0.332. The fraction of sp³-hybridized carbons (Fsp3) is 0.182. The van der Waals surface area contributed by atoms with Gasteiger partial charge in [0.05, 0.1) is 18.8 Å². The van der Waals surface area contributed by atoms with Gasteiger partial charge < -0.3 is 9.84 Å². The van der Waals surface area contributed by atoms with E-state index in [9.17, 15) is 14.3 Å². The number of esters is 1. The molecule has 4 heteroatoms. The van der Waals surface area contributed by atoms with E-state index in [-0.39, 0.29) is 5.56 Å². The molecule has 0 heterocycles. The third kappa shape index (κ3) is 2.41. The summed E-state index contributed by atoms with van der Waals surface area (Å²) in [7, 11) is 1.17. The van der Waals surface area contributed by atoms with E-state index in [1.807, 2.05) is 0 Å². The quantitative estimate of drug-likeness (QED) is 0.611.